The number of halogens is 3. The Morgan fingerprint density at radius 3 is 1.85 bits per heavy atom. The number of nitrogens with zero attached hydrogens (tertiary/aromatic N) is 6. The first-order valence-electron chi connectivity index (χ1n) is 12.4. The van der Waals surface area contributed by atoms with Crippen LogP contribution in [0.15, 0.2) is 109 Å². The smallest absolute Gasteiger partial charge is 0.272 e. The van der Waals surface area contributed by atoms with Gasteiger partial charge in [-0.1, -0.05) is 36.4 Å². The van der Waals surface area contributed by atoms with E-state index in [0.717, 1.165) is 23.5 Å². The number of pyridine rings is 3. The monoisotopic (exact) mass is 534 g/mol. The highest BCUT2D eigenvalue weighted by atomic mass is 19.4. The van der Waals surface area contributed by atoms with Crippen LogP contribution < -0.4 is 0 Å². The molecule has 40 heavy (non-hydrogen) atoms. The Morgan fingerprint density at radius 1 is 0.600 bits per heavy atom. The number of benzene rings is 2. The highest BCUT2D eigenvalue weighted by molar-refractivity contribution is 5.68. The molecule has 0 bridgehead atoms. The third kappa shape index (κ3) is 4.96. The number of aryl methyl sites for hydroxylation is 1. The SMILES string of the molecule is Cc1cc(-c2cccc(-c3nnc(-c4cccc(-c5ccccn5)n4)n3-c3ccccc3)n2)cc(C(F)(F)F)c1. The van der Waals surface area contributed by atoms with Gasteiger partial charge in [-0.25, -0.2) is 9.97 Å². The first-order valence-corrected chi connectivity index (χ1v) is 12.4. The first kappa shape index (κ1) is 25.1. The van der Waals surface area contributed by atoms with E-state index < -0.39 is 11.7 Å². The minimum absolute atomic E-state index is 0.366. The Hall–Kier alpha value is -5.18. The van der Waals surface area contributed by atoms with Crippen LogP contribution in [0.5, 0.6) is 0 Å². The molecular formula is C31H21F3N6. The zero-order chi connectivity index (χ0) is 27.7. The Bertz CT molecular complexity index is 1800. The van der Waals surface area contributed by atoms with Gasteiger partial charge in [-0.05, 0) is 79.2 Å². The highest BCUT2D eigenvalue weighted by Gasteiger charge is 2.31. The maximum absolute atomic E-state index is 13.5. The van der Waals surface area contributed by atoms with Crippen molar-refractivity contribution in [1.82, 2.24) is 29.7 Å². The molecule has 9 heteroatoms. The minimum atomic E-state index is -4.46. The lowest BCUT2D eigenvalue weighted by Crippen LogP contribution is -2.06. The van der Waals surface area contributed by atoms with Crippen LogP contribution in [0.4, 0.5) is 13.2 Å². The van der Waals surface area contributed by atoms with Crippen LogP contribution in [0.1, 0.15) is 11.1 Å². The lowest BCUT2D eigenvalue weighted by molar-refractivity contribution is -0.137. The van der Waals surface area contributed by atoms with Crippen molar-refractivity contribution < 1.29 is 13.2 Å². The van der Waals surface area contributed by atoms with E-state index in [1.54, 1.807) is 37.4 Å². The van der Waals surface area contributed by atoms with Crippen LogP contribution in [0.25, 0.3) is 51.4 Å². The highest BCUT2D eigenvalue weighted by Crippen LogP contribution is 2.34. The second-order valence-electron chi connectivity index (χ2n) is 9.13. The second kappa shape index (κ2) is 10.2. The van der Waals surface area contributed by atoms with Crippen molar-refractivity contribution >= 4 is 0 Å². The van der Waals surface area contributed by atoms with Gasteiger partial charge in [-0.15, -0.1) is 10.2 Å². The van der Waals surface area contributed by atoms with Crippen LogP contribution in [-0.2, 0) is 6.18 Å². The fraction of sp³-hybridized carbons (Fsp3) is 0.0645. The third-order valence-electron chi connectivity index (χ3n) is 6.26. The van der Waals surface area contributed by atoms with Crippen LogP contribution in [0.2, 0.25) is 0 Å². The fourth-order valence-electron chi connectivity index (χ4n) is 4.47. The summed E-state index contributed by atoms with van der Waals surface area (Å²) < 4.78 is 42.3. The number of alkyl halides is 3. The lowest BCUT2D eigenvalue weighted by atomic mass is 10.0. The predicted molar refractivity (Wildman–Crippen MR) is 146 cm³/mol. The number of hydrogen-bond donors (Lipinski definition) is 0. The molecule has 0 N–H and O–H groups in total. The van der Waals surface area contributed by atoms with Crippen molar-refractivity contribution in [2.75, 3.05) is 0 Å². The Balaban J connectivity index is 1.49. The third-order valence-corrected chi connectivity index (χ3v) is 6.26. The molecule has 0 fully saturated rings. The van der Waals surface area contributed by atoms with Gasteiger partial charge in [0.25, 0.3) is 0 Å². The summed E-state index contributed by atoms with van der Waals surface area (Å²) in [4.78, 5) is 13.9. The summed E-state index contributed by atoms with van der Waals surface area (Å²) in [5.74, 6) is 0.915. The molecule has 6 aromatic rings. The molecule has 0 saturated heterocycles. The minimum Gasteiger partial charge on any atom is -0.272 e. The predicted octanol–water partition coefficient (Wildman–Crippen LogP) is 7.45. The van der Waals surface area contributed by atoms with Crippen molar-refractivity contribution in [1.29, 1.82) is 0 Å². The Morgan fingerprint density at radius 2 is 1.20 bits per heavy atom. The molecule has 0 radical (unpaired) electrons. The topological polar surface area (TPSA) is 69.4 Å². The van der Waals surface area contributed by atoms with Crippen LogP contribution >= 0.6 is 0 Å². The number of aromatic nitrogens is 6. The number of para-hydroxylation sites is 1. The van der Waals surface area contributed by atoms with E-state index in [4.69, 9.17) is 9.97 Å². The number of hydrogen-bond acceptors (Lipinski definition) is 5. The molecular weight excluding hydrogens is 513 g/mol. The summed E-state index contributed by atoms with van der Waals surface area (Å²) in [5.41, 5.74) is 3.75. The maximum Gasteiger partial charge on any atom is 0.416 e. The van der Waals surface area contributed by atoms with E-state index in [0.29, 0.717) is 45.6 Å². The van der Waals surface area contributed by atoms with Gasteiger partial charge in [0.1, 0.15) is 11.4 Å². The molecule has 0 aliphatic heterocycles. The Labute approximate surface area is 227 Å². The second-order valence-corrected chi connectivity index (χ2v) is 9.13. The van der Waals surface area contributed by atoms with Gasteiger partial charge >= 0.3 is 6.18 Å². The average molecular weight is 535 g/mol. The summed E-state index contributed by atoms with van der Waals surface area (Å²) >= 11 is 0. The normalized spacial score (nSPS) is 11.5. The molecule has 0 saturated carbocycles. The van der Waals surface area contributed by atoms with E-state index in [1.165, 1.54) is 0 Å². The van der Waals surface area contributed by atoms with Gasteiger partial charge in [0.2, 0.25) is 0 Å². The molecule has 4 heterocycles. The van der Waals surface area contributed by atoms with Crippen molar-refractivity contribution in [3.63, 3.8) is 0 Å². The average Bonchev–Trinajstić information content (AvgIpc) is 3.43. The molecule has 0 aliphatic carbocycles. The van der Waals surface area contributed by atoms with E-state index in [-0.39, 0.29) is 0 Å². The van der Waals surface area contributed by atoms with Gasteiger partial charge in [-0.3, -0.25) is 9.55 Å². The molecule has 6 nitrogen and oxygen atoms in total. The molecule has 196 valence electrons. The molecule has 0 unspecified atom stereocenters. The van der Waals surface area contributed by atoms with Gasteiger partial charge in [0, 0.05) is 17.4 Å². The summed E-state index contributed by atoms with van der Waals surface area (Å²) in [7, 11) is 0. The summed E-state index contributed by atoms with van der Waals surface area (Å²) in [5, 5.41) is 8.94. The largest absolute Gasteiger partial charge is 0.416 e. The van der Waals surface area contributed by atoms with Crippen LogP contribution in [0, 0.1) is 6.92 Å². The van der Waals surface area contributed by atoms with Gasteiger partial charge < -0.3 is 0 Å². The lowest BCUT2D eigenvalue weighted by Gasteiger charge is -2.12. The molecule has 4 aromatic heterocycles. The first-order chi connectivity index (χ1) is 19.4. The quantitative estimate of drug-likeness (QED) is 0.230. The zero-order valence-corrected chi connectivity index (χ0v) is 21.2. The van der Waals surface area contributed by atoms with E-state index in [9.17, 15) is 13.2 Å². The van der Waals surface area contributed by atoms with Crippen molar-refractivity contribution in [2.45, 2.75) is 13.1 Å². The molecule has 6 rings (SSSR count). The van der Waals surface area contributed by atoms with E-state index >= 15 is 0 Å². The molecule has 0 aliphatic rings. The fourth-order valence-corrected chi connectivity index (χ4v) is 4.47. The standard InChI is InChI=1S/C31H21F3N6/c1-20-17-21(19-22(18-20)31(32,33)34)24-12-7-14-27(36-24)29-38-39-30(40(29)23-9-3-2-4-10-23)28-15-8-13-26(37-28)25-11-5-6-16-35-25/h2-19H,1H3. The number of rotatable bonds is 5. The van der Waals surface area contributed by atoms with Crippen molar-refractivity contribution in [3.05, 3.63) is 120 Å². The van der Waals surface area contributed by atoms with E-state index in [1.807, 2.05) is 71.3 Å². The summed E-state index contributed by atoms with van der Waals surface area (Å²) in [6.07, 6.45) is -2.75. The zero-order valence-electron chi connectivity index (χ0n) is 21.2. The van der Waals surface area contributed by atoms with Gasteiger partial charge in [-0.2, -0.15) is 13.2 Å². The summed E-state index contributed by atoms with van der Waals surface area (Å²) in [6.45, 7) is 1.63. The molecule has 0 spiro atoms. The Kier molecular flexibility index (Phi) is 6.39. The maximum atomic E-state index is 13.5. The molecule has 0 amide bonds. The van der Waals surface area contributed by atoms with Crippen molar-refractivity contribution in [2.24, 2.45) is 0 Å². The van der Waals surface area contributed by atoms with E-state index in [2.05, 4.69) is 15.2 Å². The summed E-state index contributed by atoms with van der Waals surface area (Å²) in [6, 6.07) is 29.8. The van der Waals surface area contributed by atoms with Crippen molar-refractivity contribution in [3.8, 4) is 51.4 Å². The van der Waals surface area contributed by atoms with Gasteiger partial charge in [0.15, 0.2) is 11.6 Å². The van der Waals surface area contributed by atoms with Crippen LogP contribution in [-0.4, -0.2) is 29.7 Å². The molecule has 2 aromatic carbocycles. The van der Waals surface area contributed by atoms with Crippen LogP contribution in [0.3, 0.4) is 0 Å². The molecule has 0 atom stereocenters. The van der Waals surface area contributed by atoms with Gasteiger partial charge in [0.05, 0.1) is 22.6 Å².